The Morgan fingerprint density at radius 2 is 1.56 bits per heavy atom. The molecule has 1 saturated carbocycles. The van der Waals surface area contributed by atoms with Crippen molar-refractivity contribution < 1.29 is 23.9 Å². The number of likely N-dealkylation sites (N-methyl/N-ethyl adjacent to an activating group) is 1. The summed E-state index contributed by atoms with van der Waals surface area (Å²) in [6.07, 6.45) is 3.15. The molecule has 0 bridgehead atoms. The number of nitrogens with one attached hydrogen (secondary N) is 3. The van der Waals surface area contributed by atoms with Crippen LogP contribution in [0.3, 0.4) is 0 Å². The zero-order valence-electron chi connectivity index (χ0n) is 32.2. The maximum Gasteiger partial charge on any atom is 0.407 e. The third-order valence-corrected chi connectivity index (χ3v) is 10.5. The molecule has 2 fully saturated rings. The molecule has 1 aliphatic carbocycles. The fourth-order valence-corrected chi connectivity index (χ4v) is 7.27. The molecule has 3 N–H and O–H groups in total. The van der Waals surface area contributed by atoms with Crippen molar-refractivity contribution in [3.8, 4) is 22.5 Å². The number of ketones is 1. The van der Waals surface area contributed by atoms with E-state index in [1.165, 1.54) is 0 Å². The van der Waals surface area contributed by atoms with Crippen molar-refractivity contribution in [3.63, 3.8) is 0 Å². The van der Waals surface area contributed by atoms with Crippen LogP contribution >= 0.6 is 0 Å². The SMILES string of the molecule is CN1CCN(C(=O)c2cccc(-c3ccc(C[C@H](CC(=O)C4CCC(CNC(=O)OC(C)(C)C)CC4)C(=O)Nc4ccc(-c5nn[nH]n5)cc4)cc3)c2)CC1. The number of hydrogen-bond acceptors (Lipinski definition) is 9. The normalized spacial score (nSPS) is 18.3. The van der Waals surface area contributed by atoms with Crippen LogP contribution in [-0.2, 0) is 20.7 Å². The minimum Gasteiger partial charge on any atom is -0.444 e. The summed E-state index contributed by atoms with van der Waals surface area (Å²) in [5.74, 6) is -0.0965. The van der Waals surface area contributed by atoms with E-state index in [0.29, 0.717) is 43.1 Å². The molecule has 2 heterocycles. The molecule has 0 radical (unpaired) electrons. The molecule has 3 aromatic carbocycles. The van der Waals surface area contributed by atoms with Gasteiger partial charge in [0.15, 0.2) is 0 Å². The molecule has 1 atom stereocenters. The number of ether oxygens (including phenoxy) is 1. The van der Waals surface area contributed by atoms with Crippen LogP contribution < -0.4 is 10.6 Å². The van der Waals surface area contributed by atoms with Crippen LogP contribution in [0, 0.1) is 17.8 Å². The molecule has 6 rings (SSSR count). The molecule has 55 heavy (non-hydrogen) atoms. The Hall–Kier alpha value is -5.43. The summed E-state index contributed by atoms with van der Waals surface area (Å²) in [5.41, 5.74) is 4.31. The summed E-state index contributed by atoms with van der Waals surface area (Å²) in [7, 11) is 2.07. The zero-order valence-corrected chi connectivity index (χ0v) is 32.2. The van der Waals surface area contributed by atoms with E-state index in [9.17, 15) is 19.2 Å². The predicted octanol–water partition coefficient (Wildman–Crippen LogP) is 6.01. The first kappa shape index (κ1) is 39.3. The summed E-state index contributed by atoms with van der Waals surface area (Å²) in [6.45, 7) is 9.17. The zero-order chi connectivity index (χ0) is 39.0. The molecular weight excluding hydrogens is 697 g/mol. The number of benzene rings is 3. The van der Waals surface area contributed by atoms with Crippen LogP contribution in [0.5, 0.6) is 0 Å². The Balaban J connectivity index is 1.11. The number of Topliss-reactive ketones (excluding diaryl/α,β-unsaturated/α-hetero) is 1. The summed E-state index contributed by atoms with van der Waals surface area (Å²) >= 11 is 0. The van der Waals surface area contributed by atoms with Gasteiger partial charge in [0, 0.05) is 67.8 Å². The van der Waals surface area contributed by atoms with Gasteiger partial charge in [0.05, 0.1) is 0 Å². The Morgan fingerprint density at radius 1 is 0.873 bits per heavy atom. The van der Waals surface area contributed by atoms with Gasteiger partial charge in [0.2, 0.25) is 11.7 Å². The lowest BCUT2D eigenvalue weighted by atomic mass is 9.77. The second-order valence-corrected chi connectivity index (χ2v) is 15.8. The molecule has 0 spiro atoms. The van der Waals surface area contributed by atoms with E-state index < -0.39 is 17.6 Å². The number of nitrogens with zero attached hydrogens (tertiary/aromatic N) is 5. The van der Waals surface area contributed by atoms with Crippen molar-refractivity contribution in [2.24, 2.45) is 17.8 Å². The Labute approximate surface area is 322 Å². The third-order valence-electron chi connectivity index (χ3n) is 10.5. The van der Waals surface area contributed by atoms with E-state index in [0.717, 1.165) is 61.0 Å². The molecule has 13 nitrogen and oxygen atoms in total. The first-order valence-electron chi connectivity index (χ1n) is 19.2. The fraction of sp³-hybridized carbons (Fsp3) is 0.452. The molecule has 13 heteroatoms. The van der Waals surface area contributed by atoms with Gasteiger partial charge in [-0.15, -0.1) is 10.2 Å². The number of alkyl carbamates (subject to hydrolysis) is 1. The van der Waals surface area contributed by atoms with Gasteiger partial charge in [-0.1, -0.05) is 36.4 Å². The molecule has 290 valence electrons. The summed E-state index contributed by atoms with van der Waals surface area (Å²) < 4.78 is 5.37. The lowest BCUT2D eigenvalue weighted by Crippen LogP contribution is -2.47. The number of aromatic amines is 1. The number of rotatable bonds is 12. The van der Waals surface area contributed by atoms with E-state index >= 15 is 0 Å². The number of amides is 3. The van der Waals surface area contributed by atoms with Crippen molar-refractivity contribution >= 4 is 29.4 Å². The van der Waals surface area contributed by atoms with Crippen LogP contribution in [0.4, 0.5) is 10.5 Å². The summed E-state index contributed by atoms with van der Waals surface area (Å²) in [4.78, 5) is 57.2. The largest absolute Gasteiger partial charge is 0.444 e. The first-order chi connectivity index (χ1) is 26.4. The van der Waals surface area contributed by atoms with Crippen LogP contribution in [0.15, 0.2) is 72.8 Å². The minimum absolute atomic E-state index is 0.0421. The number of tetrazole rings is 1. The topological polar surface area (TPSA) is 163 Å². The van der Waals surface area contributed by atoms with E-state index in [2.05, 4.69) is 43.2 Å². The standard InChI is InChI=1S/C42H52N8O5/c1-42(2,3)55-41(54)43-27-29-10-14-31(15-11-29)37(51)26-35(39(52)44-36-18-16-32(17-19-36)38-45-47-48-46-38)24-28-8-12-30(13-9-28)33-6-5-7-34(25-33)40(53)50-22-20-49(4)21-23-50/h5-9,12-13,16-19,25,29,31,35H,10-11,14-15,20-24,26-27H2,1-4H3,(H,43,54)(H,44,52)(H,45,46,47,48)/t29?,31?,35-/m1/s1. The van der Waals surface area contributed by atoms with Gasteiger partial charge in [-0.2, -0.15) is 5.21 Å². The van der Waals surface area contributed by atoms with Crippen molar-refractivity contribution in [1.82, 2.24) is 35.7 Å². The highest BCUT2D eigenvalue weighted by atomic mass is 16.6. The highest BCUT2D eigenvalue weighted by Crippen LogP contribution is 2.32. The van der Waals surface area contributed by atoms with Crippen molar-refractivity contribution in [3.05, 3.63) is 83.9 Å². The van der Waals surface area contributed by atoms with Gasteiger partial charge < -0.3 is 25.2 Å². The maximum atomic E-state index is 13.9. The number of H-pyrrole nitrogens is 1. The second-order valence-electron chi connectivity index (χ2n) is 15.8. The maximum absolute atomic E-state index is 13.9. The lowest BCUT2D eigenvalue weighted by molar-refractivity contribution is -0.129. The van der Waals surface area contributed by atoms with Gasteiger partial charge in [-0.25, -0.2) is 4.79 Å². The number of aromatic nitrogens is 4. The molecule has 1 saturated heterocycles. The fourth-order valence-electron chi connectivity index (χ4n) is 7.27. The van der Waals surface area contributed by atoms with Gasteiger partial charge in [0.1, 0.15) is 11.4 Å². The molecule has 1 aliphatic heterocycles. The quantitative estimate of drug-likeness (QED) is 0.158. The molecule has 1 aromatic heterocycles. The molecule has 4 aromatic rings. The Kier molecular flexibility index (Phi) is 12.7. The number of carbonyl (C=O) groups excluding carboxylic acids is 4. The van der Waals surface area contributed by atoms with E-state index in [4.69, 9.17) is 4.74 Å². The first-order valence-corrected chi connectivity index (χ1v) is 19.2. The highest BCUT2D eigenvalue weighted by molar-refractivity contribution is 5.97. The van der Waals surface area contributed by atoms with Crippen LogP contribution in [0.25, 0.3) is 22.5 Å². The minimum atomic E-state index is -0.591. The van der Waals surface area contributed by atoms with E-state index in [1.54, 1.807) is 12.1 Å². The van der Waals surface area contributed by atoms with Crippen molar-refractivity contribution in [2.75, 3.05) is 45.1 Å². The molecule has 3 amide bonds. The van der Waals surface area contributed by atoms with Crippen molar-refractivity contribution in [1.29, 1.82) is 0 Å². The average Bonchev–Trinajstić information content (AvgIpc) is 3.72. The summed E-state index contributed by atoms with van der Waals surface area (Å²) in [6, 6.07) is 22.9. The van der Waals surface area contributed by atoms with E-state index in [1.807, 2.05) is 86.3 Å². The van der Waals surface area contributed by atoms with Crippen LogP contribution in [0.1, 0.15) is 68.8 Å². The van der Waals surface area contributed by atoms with E-state index in [-0.39, 0.29) is 35.9 Å². The summed E-state index contributed by atoms with van der Waals surface area (Å²) in [5, 5.41) is 20.0. The number of hydrogen-bond donors (Lipinski definition) is 3. The highest BCUT2D eigenvalue weighted by Gasteiger charge is 2.31. The Bertz CT molecular complexity index is 1910. The molecule has 2 aliphatic rings. The monoisotopic (exact) mass is 748 g/mol. The smallest absolute Gasteiger partial charge is 0.407 e. The number of carbonyl (C=O) groups is 4. The van der Waals surface area contributed by atoms with Crippen LogP contribution in [0.2, 0.25) is 0 Å². The second kappa shape index (κ2) is 17.8. The van der Waals surface area contributed by atoms with Gasteiger partial charge in [-0.3, -0.25) is 14.4 Å². The Morgan fingerprint density at radius 3 is 2.22 bits per heavy atom. The molecule has 0 unspecified atom stereocenters. The number of anilines is 1. The van der Waals surface area contributed by atoms with Crippen LogP contribution in [-0.4, -0.2) is 99.5 Å². The average molecular weight is 749 g/mol. The molecular formula is C42H52N8O5. The van der Waals surface area contributed by atoms with Gasteiger partial charge in [0.25, 0.3) is 5.91 Å². The predicted molar refractivity (Wildman–Crippen MR) is 210 cm³/mol. The number of piperazine rings is 1. The third kappa shape index (κ3) is 11.1. The van der Waals surface area contributed by atoms with Crippen molar-refractivity contribution in [2.45, 2.75) is 64.9 Å². The lowest BCUT2D eigenvalue weighted by Gasteiger charge is -2.32. The van der Waals surface area contributed by atoms with Gasteiger partial charge in [-0.05, 0) is 124 Å². The van der Waals surface area contributed by atoms with Gasteiger partial charge >= 0.3 is 6.09 Å².